The Morgan fingerprint density at radius 3 is 2.59 bits per heavy atom. The van der Waals surface area contributed by atoms with Crippen molar-refractivity contribution in [1.29, 1.82) is 0 Å². The van der Waals surface area contributed by atoms with E-state index in [4.69, 9.17) is 16.7 Å². The maximum atomic E-state index is 13.4. The molecule has 0 radical (unpaired) electrons. The molecule has 0 fully saturated rings. The largest absolute Gasteiger partial charge is 0.481 e. The van der Waals surface area contributed by atoms with Gasteiger partial charge in [-0.05, 0) is 49.2 Å². The van der Waals surface area contributed by atoms with Crippen molar-refractivity contribution in [2.45, 2.75) is 39.3 Å². The van der Waals surface area contributed by atoms with E-state index in [2.05, 4.69) is 15.3 Å². The number of carboxylic acid groups (broad SMARTS) is 1. The van der Waals surface area contributed by atoms with Crippen LogP contribution in [0.4, 0.5) is 11.6 Å². The van der Waals surface area contributed by atoms with Crippen molar-refractivity contribution in [2.24, 2.45) is 0 Å². The van der Waals surface area contributed by atoms with Gasteiger partial charge in [-0.2, -0.15) is 4.98 Å². The zero-order chi connectivity index (χ0) is 24.4. The van der Waals surface area contributed by atoms with Crippen molar-refractivity contribution in [1.82, 2.24) is 19.1 Å². The molecule has 2 N–H and O–H groups in total. The van der Waals surface area contributed by atoms with Crippen LogP contribution >= 0.6 is 22.9 Å². The van der Waals surface area contributed by atoms with Gasteiger partial charge < -0.3 is 10.4 Å². The summed E-state index contributed by atoms with van der Waals surface area (Å²) >= 11 is 7.56. The Balaban J connectivity index is 1.80. The van der Waals surface area contributed by atoms with Gasteiger partial charge in [-0.1, -0.05) is 30.7 Å². The fourth-order valence-corrected chi connectivity index (χ4v) is 4.64. The third-order valence-corrected chi connectivity index (χ3v) is 6.67. The molecule has 11 heteroatoms. The Hall–Kier alpha value is -3.50. The van der Waals surface area contributed by atoms with Gasteiger partial charge in [0, 0.05) is 10.7 Å². The van der Waals surface area contributed by atoms with Gasteiger partial charge in [0.15, 0.2) is 0 Å². The Morgan fingerprint density at radius 2 is 1.91 bits per heavy atom. The summed E-state index contributed by atoms with van der Waals surface area (Å²) in [5, 5.41) is 13.8. The van der Waals surface area contributed by atoms with Gasteiger partial charge in [-0.3, -0.25) is 9.36 Å². The molecule has 1 unspecified atom stereocenters. The normalized spacial score (nSPS) is 12.1. The summed E-state index contributed by atoms with van der Waals surface area (Å²) in [4.78, 5) is 46.0. The zero-order valence-corrected chi connectivity index (χ0v) is 20.1. The standard InChI is InChI=1S/C23H22ClN5O4S/c1-3-19-26-17-9-8-16(11-18(17)34-19)25-21-27-22(32)29(13(2)10-20(30)31)23(33)28(21)12-14-4-6-15(24)7-5-14/h4-9,11,13H,3,10,12H2,1-2H3,(H,30,31)(H,25,27,32). The van der Waals surface area contributed by atoms with Crippen molar-refractivity contribution in [3.05, 3.63) is 79.0 Å². The van der Waals surface area contributed by atoms with E-state index in [-0.39, 0.29) is 18.9 Å². The van der Waals surface area contributed by atoms with E-state index < -0.39 is 23.4 Å². The lowest BCUT2D eigenvalue weighted by atomic mass is 10.2. The van der Waals surface area contributed by atoms with Gasteiger partial charge in [0.1, 0.15) is 0 Å². The van der Waals surface area contributed by atoms with E-state index in [1.54, 1.807) is 41.7 Å². The van der Waals surface area contributed by atoms with Crippen molar-refractivity contribution in [2.75, 3.05) is 5.32 Å². The van der Waals surface area contributed by atoms with Crippen LogP contribution in [0.15, 0.2) is 52.1 Å². The van der Waals surface area contributed by atoms with E-state index in [0.717, 1.165) is 31.8 Å². The molecule has 1 atom stereocenters. The van der Waals surface area contributed by atoms with Crippen LogP contribution in [0.1, 0.15) is 36.9 Å². The number of thiazole rings is 1. The van der Waals surface area contributed by atoms with Crippen molar-refractivity contribution in [3.63, 3.8) is 0 Å². The summed E-state index contributed by atoms with van der Waals surface area (Å²) in [6.45, 7) is 3.65. The average Bonchev–Trinajstić information content (AvgIpc) is 3.19. The number of hydrogen-bond acceptors (Lipinski definition) is 7. The predicted octanol–water partition coefficient (Wildman–Crippen LogP) is 4.06. The topological polar surface area (TPSA) is 119 Å². The lowest BCUT2D eigenvalue weighted by Crippen LogP contribution is -2.44. The Morgan fingerprint density at radius 1 is 1.18 bits per heavy atom. The maximum Gasteiger partial charge on any atom is 0.355 e. The number of anilines is 2. The van der Waals surface area contributed by atoms with Crippen LogP contribution < -0.4 is 16.7 Å². The fourth-order valence-electron chi connectivity index (χ4n) is 3.57. The number of nitrogens with one attached hydrogen (secondary N) is 1. The van der Waals surface area contributed by atoms with E-state index in [1.165, 1.54) is 11.5 Å². The molecular weight excluding hydrogens is 478 g/mol. The quantitative estimate of drug-likeness (QED) is 0.375. The number of nitrogens with zero attached hydrogens (tertiary/aromatic N) is 4. The first-order valence-electron chi connectivity index (χ1n) is 10.6. The minimum atomic E-state index is -1.12. The number of fused-ring (bicyclic) bond motifs is 1. The molecule has 2 aromatic carbocycles. The van der Waals surface area contributed by atoms with E-state index in [9.17, 15) is 14.4 Å². The number of hydrogen-bond donors (Lipinski definition) is 2. The first kappa shape index (κ1) is 23.7. The number of carboxylic acids is 1. The molecule has 9 nitrogen and oxygen atoms in total. The smallest absolute Gasteiger partial charge is 0.355 e. The van der Waals surface area contributed by atoms with E-state index in [0.29, 0.717) is 10.7 Å². The molecule has 4 aromatic rings. The van der Waals surface area contributed by atoms with Crippen LogP contribution in [0.25, 0.3) is 10.2 Å². The monoisotopic (exact) mass is 499 g/mol. The summed E-state index contributed by atoms with van der Waals surface area (Å²) in [6, 6.07) is 11.6. The van der Waals surface area contributed by atoms with Gasteiger partial charge >= 0.3 is 17.3 Å². The Bertz CT molecular complexity index is 1480. The van der Waals surface area contributed by atoms with Gasteiger partial charge in [-0.15, -0.1) is 11.3 Å². The molecule has 0 aliphatic heterocycles. The first-order valence-corrected chi connectivity index (χ1v) is 11.8. The van der Waals surface area contributed by atoms with Gasteiger partial charge in [0.05, 0.1) is 34.2 Å². The molecule has 0 spiro atoms. The second kappa shape index (κ2) is 9.78. The SMILES string of the molecule is CCc1nc2ccc(Nc3nc(=O)n(C(C)CC(=O)O)c(=O)n3Cc3ccc(Cl)cc3)cc2s1. The highest BCUT2D eigenvalue weighted by Gasteiger charge is 2.20. The highest BCUT2D eigenvalue weighted by molar-refractivity contribution is 7.18. The molecule has 2 aromatic heterocycles. The number of aryl methyl sites for hydroxylation is 1. The molecule has 2 heterocycles. The van der Waals surface area contributed by atoms with Crippen LogP contribution in [0.2, 0.25) is 5.02 Å². The predicted molar refractivity (Wildman–Crippen MR) is 133 cm³/mol. The average molecular weight is 500 g/mol. The van der Waals surface area contributed by atoms with Crippen LogP contribution in [0.3, 0.4) is 0 Å². The maximum absolute atomic E-state index is 13.4. The lowest BCUT2D eigenvalue weighted by molar-refractivity contribution is -0.137. The van der Waals surface area contributed by atoms with Crippen LogP contribution in [-0.2, 0) is 17.8 Å². The molecule has 34 heavy (non-hydrogen) atoms. The molecule has 0 amide bonds. The minimum absolute atomic E-state index is 0.0586. The molecule has 0 saturated heterocycles. The number of halogens is 1. The second-order valence-electron chi connectivity index (χ2n) is 7.80. The van der Waals surface area contributed by atoms with Crippen molar-refractivity contribution < 1.29 is 9.90 Å². The molecule has 0 aliphatic rings. The molecule has 4 rings (SSSR count). The van der Waals surface area contributed by atoms with Crippen LogP contribution in [-0.4, -0.2) is 30.2 Å². The second-order valence-corrected chi connectivity index (χ2v) is 9.35. The number of rotatable bonds is 8. The zero-order valence-electron chi connectivity index (χ0n) is 18.5. The lowest BCUT2D eigenvalue weighted by Gasteiger charge is -2.18. The summed E-state index contributed by atoms with van der Waals surface area (Å²) in [7, 11) is 0. The molecule has 176 valence electrons. The van der Waals surface area contributed by atoms with Crippen molar-refractivity contribution >= 4 is 50.8 Å². The van der Waals surface area contributed by atoms with Crippen LogP contribution in [0.5, 0.6) is 0 Å². The highest BCUT2D eigenvalue weighted by atomic mass is 35.5. The Labute approximate surface area is 203 Å². The van der Waals surface area contributed by atoms with Crippen molar-refractivity contribution in [3.8, 4) is 0 Å². The number of aliphatic carboxylic acids is 1. The first-order chi connectivity index (χ1) is 16.2. The summed E-state index contributed by atoms with van der Waals surface area (Å²) < 4.78 is 3.16. The summed E-state index contributed by atoms with van der Waals surface area (Å²) in [5.41, 5.74) is 0.806. The van der Waals surface area contributed by atoms with E-state index >= 15 is 0 Å². The molecule has 0 saturated carbocycles. The van der Waals surface area contributed by atoms with Gasteiger partial charge in [0.25, 0.3) is 0 Å². The van der Waals surface area contributed by atoms with Gasteiger partial charge in [-0.25, -0.2) is 19.1 Å². The van der Waals surface area contributed by atoms with E-state index in [1.807, 2.05) is 19.1 Å². The fraction of sp³-hybridized carbons (Fsp3) is 0.261. The Kier molecular flexibility index (Phi) is 6.80. The number of aromatic nitrogens is 4. The summed E-state index contributed by atoms with van der Waals surface area (Å²) in [6.07, 6.45) is 0.448. The highest BCUT2D eigenvalue weighted by Crippen LogP contribution is 2.27. The third kappa shape index (κ3) is 5.02. The van der Waals surface area contributed by atoms with Crippen LogP contribution in [0, 0.1) is 0 Å². The molecule has 0 bridgehead atoms. The molecule has 0 aliphatic carbocycles. The third-order valence-electron chi connectivity index (χ3n) is 5.26. The molecular formula is C23H22ClN5O4S. The summed E-state index contributed by atoms with van der Waals surface area (Å²) in [5.74, 6) is -1.06. The van der Waals surface area contributed by atoms with Gasteiger partial charge in [0.2, 0.25) is 5.95 Å². The number of carbonyl (C=O) groups is 1. The number of benzene rings is 2. The minimum Gasteiger partial charge on any atom is -0.481 e.